The quantitative estimate of drug-likeness (QED) is 0.798. The number of aryl methyl sites for hydroxylation is 1. The number of Topliss-reactive ketones (excluding diaryl/α,β-unsaturated/α-hetero) is 1. The van der Waals surface area contributed by atoms with Crippen molar-refractivity contribution in [2.45, 2.75) is 34.2 Å². The molecule has 3 nitrogen and oxygen atoms in total. The molecular formula is C14H21NO2. The second-order valence-electron chi connectivity index (χ2n) is 4.34. The van der Waals surface area contributed by atoms with Crippen molar-refractivity contribution in [3.05, 3.63) is 28.8 Å². The summed E-state index contributed by atoms with van der Waals surface area (Å²) >= 11 is 0. The van der Waals surface area contributed by atoms with Crippen LogP contribution in [-0.2, 0) is 6.54 Å². The van der Waals surface area contributed by atoms with Gasteiger partial charge < -0.3 is 5.11 Å². The maximum Gasteiger partial charge on any atom is 0.163 e. The summed E-state index contributed by atoms with van der Waals surface area (Å²) in [5, 5.41) is 10.1. The van der Waals surface area contributed by atoms with Crippen LogP contribution in [0.4, 0.5) is 0 Å². The van der Waals surface area contributed by atoms with Crippen LogP contribution in [0, 0.1) is 6.92 Å². The molecule has 1 N–H and O–H groups in total. The van der Waals surface area contributed by atoms with Crippen molar-refractivity contribution >= 4 is 5.78 Å². The third-order valence-corrected chi connectivity index (χ3v) is 3.00. The van der Waals surface area contributed by atoms with Crippen molar-refractivity contribution in [2.75, 3.05) is 13.1 Å². The molecule has 17 heavy (non-hydrogen) atoms. The van der Waals surface area contributed by atoms with Gasteiger partial charge in [0.2, 0.25) is 0 Å². The molecule has 0 heterocycles. The first-order valence-corrected chi connectivity index (χ1v) is 6.05. The lowest BCUT2D eigenvalue weighted by atomic mass is 10.0. The van der Waals surface area contributed by atoms with Crippen LogP contribution < -0.4 is 0 Å². The highest BCUT2D eigenvalue weighted by molar-refractivity contribution is 5.97. The Labute approximate surface area is 103 Å². The Morgan fingerprint density at radius 1 is 1.29 bits per heavy atom. The molecule has 0 bridgehead atoms. The fourth-order valence-electron chi connectivity index (χ4n) is 1.93. The minimum Gasteiger partial charge on any atom is -0.507 e. The van der Waals surface area contributed by atoms with Gasteiger partial charge in [0.05, 0.1) is 5.56 Å². The molecule has 0 spiro atoms. The number of phenolic OH excluding ortho intramolecular Hbond substituents is 1. The van der Waals surface area contributed by atoms with Gasteiger partial charge in [-0.2, -0.15) is 0 Å². The van der Waals surface area contributed by atoms with Gasteiger partial charge in [-0.15, -0.1) is 0 Å². The highest BCUT2D eigenvalue weighted by Crippen LogP contribution is 2.26. The smallest absolute Gasteiger partial charge is 0.163 e. The number of ketones is 1. The summed E-state index contributed by atoms with van der Waals surface area (Å²) in [7, 11) is 0. The topological polar surface area (TPSA) is 40.5 Å². The van der Waals surface area contributed by atoms with Crippen LogP contribution >= 0.6 is 0 Å². The fourth-order valence-corrected chi connectivity index (χ4v) is 1.93. The average molecular weight is 235 g/mol. The predicted octanol–water partition coefficient (Wildman–Crippen LogP) is 2.75. The van der Waals surface area contributed by atoms with Gasteiger partial charge in [-0.05, 0) is 38.6 Å². The van der Waals surface area contributed by atoms with E-state index >= 15 is 0 Å². The Morgan fingerprint density at radius 2 is 1.88 bits per heavy atom. The molecule has 0 fully saturated rings. The number of benzene rings is 1. The van der Waals surface area contributed by atoms with Gasteiger partial charge in [0.1, 0.15) is 5.75 Å². The number of aromatic hydroxyl groups is 1. The van der Waals surface area contributed by atoms with Crippen LogP contribution in [0.1, 0.15) is 42.3 Å². The van der Waals surface area contributed by atoms with Gasteiger partial charge >= 0.3 is 0 Å². The lowest BCUT2D eigenvalue weighted by molar-refractivity contribution is 0.101. The van der Waals surface area contributed by atoms with Crippen molar-refractivity contribution in [1.82, 2.24) is 4.90 Å². The van der Waals surface area contributed by atoms with Crippen LogP contribution in [0.15, 0.2) is 12.1 Å². The molecule has 0 aliphatic heterocycles. The van der Waals surface area contributed by atoms with Crippen molar-refractivity contribution in [2.24, 2.45) is 0 Å². The first-order valence-electron chi connectivity index (χ1n) is 6.05. The zero-order valence-electron chi connectivity index (χ0n) is 11.1. The number of carbonyl (C=O) groups excluding carboxylic acids is 1. The molecule has 0 saturated heterocycles. The third kappa shape index (κ3) is 3.30. The second kappa shape index (κ2) is 5.82. The maximum atomic E-state index is 11.4. The Kier molecular flexibility index (Phi) is 4.70. The molecule has 0 aromatic heterocycles. The molecule has 0 atom stereocenters. The van der Waals surface area contributed by atoms with Gasteiger partial charge in [-0.1, -0.05) is 19.9 Å². The van der Waals surface area contributed by atoms with Gasteiger partial charge in [-0.3, -0.25) is 9.69 Å². The maximum absolute atomic E-state index is 11.4. The number of hydrogen-bond donors (Lipinski definition) is 1. The van der Waals surface area contributed by atoms with E-state index in [1.165, 1.54) is 6.92 Å². The molecule has 0 aliphatic carbocycles. The van der Waals surface area contributed by atoms with Gasteiger partial charge in [0.15, 0.2) is 5.78 Å². The first-order chi connectivity index (χ1) is 7.99. The fraction of sp³-hybridized carbons (Fsp3) is 0.500. The molecule has 0 aliphatic rings. The Bertz CT molecular complexity index is 409. The minimum absolute atomic E-state index is 0.0907. The molecule has 0 saturated carbocycles. The number of rotatable bonds is 5. The first kappa shape index (κ1) is 13.7. The van der Waals surface area contributed by atoms with Crippen molar-refractivity contribution < 1.29 is 9.90 Å². The van der Waals surface area contributed by atoms with E-state index < -0.39 is 0 Å². The number of carbonyl (C=O) groups is 1. The molecule has 0 radical (unpaired) electrons. The highest BCUT2D eigenvalue weighted by Gasteiger charge is 2.13. The summed E-state index contributed by atoms with van der Waals surface area (Å²) in [4.78, 5) is 13.6. The van der Waals surface area contributed by atoms with E-state index in [-0.39, 0.29) is 11.5 Å². The molecule has 3 heteroatoms. The van der Waals surface area contributed by atoms with Gasteiger partial charge in [0.25, 0.3) is 0 Å². The van der Waals surface area contributed by atoms with Crippen molar-refractivity contribution in [3.8, 4) is 5.75 Å². The van der Waals surface area contributed by atoms with Crippen molar-refractivity contribution in [3.63, 3.8) is 0 Å². The summed E-state index contributed by atoms with van der Waals surface area (Å²) in [5.41, 5.74) is 2.27. The highest BCUT2D eigenvalue weighted by atomic mass is 16.3. The zero-order valence-corrected chi connectivity index (χ0v) is 11.1. The van der Waals surface area contributed by atoms with E-state index in [9.17, 15) is 9.90 Å². The zero-order chi connectivity index (χ0) is 13.0. The largest absolute Gasteiger partial charge is 0.507 e. The number of phenols is 1. The molecule has 94 valence electrons. The summed E-state index contributed by atoms with van der Waals surface area (Å²) < 4.78 is 0. The van der Waals surface area contributed by atoms with E-state index in [1.54, 1.807) is 6.07 Å². The van der Waals surface area contributed by atoms with Crippen LogP contribution in [0.5, 0.6) is 5.75 Å². The van der Waals surface area contributed by atoms with Gasteiger partial charge in [0, 0.05) is 12.1 Å². The van der Waals surface area contributed by atoms with E-state index in [2.05, 4.69) is 18.7 Å². The molecule has 1 aromatic rings. The third-order valence-electron chi connectivity index (χ3n) is 3.00. The van der Waals surface area contributed by atoms with Crippen LogP contribution in [0.3, 0.4) is 0 Å². The minimum atomic E-state index is -0.0907. The summed E-state index contributed by atoms with van der Waals surface area (Å²) in [5.74, 6) is 0.0435. The SMILES string of the molecule is CCN(CC)Cc1cc(C)cc(C(C)=O)c1O. The Morgan fingerprint density at radius 3 is 2.35 bits per heavy atom. The Balaban J connectivity index is 3.11. The molecule has 0 unspecified atom stereocenters. The normalized spacial score (nSPS) is 10.9. The summed E-state index contributed by atoms with van der Waals surface area (Å²) in [6.07, 6.45) is 0. The second-order valence-corrected chi connectivity index (χ2v) is 4.34. The molecule has 1 rings (SSSR count). The summed E-state index contributed by atoms with van der Waals surface area (Å²) in [6, 6.07) is 3.68. The van der Waals surface area contributed by atoms with Crippen molar-refractivity contribution in [1.29, 1.82) is 0 Å². The lowest BCUT2D eigenvalue weighted by Crippen LogP contribution is -2.22. The predicted molar refractivity (Wildman–Crippen MR) is 69.5 cm³/mol. The summed E-state index contributed by atoms with van der Waals surface area (Å²) in [6.45, 7) is 10.1. The van der Waals surface area contributed by atoms with E-state index in [0.29, 0.717) is 12.1 Å². The van der Waals surface area contributed by atoms with E-state index in [1.807, 2.05) is 13.0 Å². The monoisotopic (exact) mass is 235 g/mol. The van der Waals surface area contributed by atoms with E-state index in [4.69, 9.17) is 0 Å². The lowest BCUT2D eigenvalue weighted by Gasteiger charge is -2.19. The van der Waals surface area contributed by atoms with Gasteiger partial charge in [-0.25, -0.2) is 0 Å². The molecule has 0 amide bonds. The van der Waals surface area contributed by atoms with Crippen LogP contribution in [-0.4, -0.2) is 28.9 Å². The molecular weight excluding hydrogens is 214 g/mol. The standard InChI is InChI=1S/C14H21NO2/c1-5-15(6-2)9-12-7-10(3)8-13(11(4)16)14(12)17/h7-8,17H,5-6,9H2,1-4H3. The van der Waals surface area contributed by atoms with Crippen LogP contribution in [0.25, 0.3) is 0 Å². The number of hydrogen-bond acceptors (Lipinski definition) is 3. The van der Waals surface area contributed by atoms with E-state index in [0.717, 1.165) is 24.2 Å². The number of nitrogens with zero attached hydrogens (tertiary/aromatic N) is 1. The molecule has 1 aromatic carbocycles. The Hall–Kier alpha value is -1.35. The average Bonchev–Trinajstić information content (AvgIpc) is 2.29. The van der Waals surface area contributed by atoms with Crippen LogP contribution in [0.2, 0.25) is 0 Å².